The molecule has 0 aliphatic heterocycles. The second-order valence-electron chi connectivity index (χ2n) is 4.47. The van der Waals surface area contributed by atoms with Gasteiger partial charge in [-0.05, 0) is 32.4 Å². The topological polar surface area (TPSA) is 71.5 Å². The van der Waals surface area contributed by atoms with Gasteiger partial charge in [-0.25, -0.2) is 9.78 Å². The number of hydrogen-bond donors (Lipinski definition) is 2. The van der Waals surface area contributed by atoms with Crippen molar-refractivity contribution in [2.45, 2.75) is 33.0 Å². The summed E-state index contributed by atoms with van der Waals surface area (Å²) in [6.07, 6.45) is 0.819. The average Bonchev–Trinajstić information content (AvgIpc) is 2.18. The predicted octanol–water partition coefficient (Wildman–Crippen LogP) is 2.57. The van der Waals surface area contributed by atoms with Crippen LogP contribution in [0, 0.1) is 0 Å². The zero-order chi connectivity index (χ0) is 13.1. The summed E-state index contributed by atoms with van der Waals surface area (Å²) >= 11 is 5.81. The molecule has 0 saturated carbocycles. The summed E-state index contributed by atoms with van der Waals surface area (Å²) in [6.45, 7) is 5.11. The lowest BCUT2D eigenvalue weighted by atomic mass is 10.2. The van der Waals surface area contributed by atoms with Gasteiger partial charge in [0.15, 0.2) is 5.15 Å². The minimum atomic E-state index is -0.615. The first kappa shape index (κ1) is 13.7. The number of rotatable bonds is 2. The Labute approximate surface area is 105 Å². The second kappa shape index (κ2) is 5.33. The van der Waals surface area contributed by atoms with E-state index in [1.807, 2.05) is 0 Å². The third-order valence-corrected chi connectivity index (χ3v) is 2.02. The third kappa shape index (κ3) is 4.58. The molecule has 5 nitrogen and oxygen atoms in total. The van der Waals surface area contributed by atoms with E-state index in [0.717, 1.165) is 0 Å². The number of pyridine rings is 1. The summed E-state index contributed by atoms with van der Waals surface area (Å²) in [5, 5.41) is 11.6. The van der Waals surface area contributed by atoms with Gasteiger partial charge >= 0.3 is 6.09 Å². The van der Waals surface area contributed by atoms with Crippen LogP contribution >= 0.6 is 11.6 Å². The van der Waals surface area contributed by atoms with Crippen molar-refractivity contribution in [2.75, 3.05) is 5.32 Å². The summed E-state index contributed by atoms with van der Waals surface area (Å²) < 4.78 is 5.07. The Morgan fingerprint density at radius 1 is 1.59 bits per heavy atom. The van der Waals surface area contributed by atoms with Crippen molar-refractivity contribution >= 4 is 23.4 Å². The largest absolute Gasteiger partial charge is 0.444 e. The highest BCUT2D eigenvalue weighted by Crippen LogP contribution is 2.21. The van der Waals surface area contributed by atoms with E-state index in [1.165, 1.54) is 6.20 Å². The van der Waals surface area contributed by atoms with Gasteiger partial charge in [-0.1, -0.05) is 11.6 Å². The van der Waals surface area contributed by atoms with E-state index >= 15 is 0 Å². The molecule has 0 aliphatic rings. The minimum Gasteiger partial charge on any atom is -0.444 e. The highest BCUT2D eigenvalue weighted by molar-refractivity contribution is 6.32. The number of halogens is 1. The fourth-order valence-corrected chi connectivity index (χ4v) is 1.23. The average molecular weight is 259 g/mol. The molecule has 6 heteroatoms. The lowest BCUT2D eigenvalue weighted by molar-refractivity contribution is 0.0636. The molecule has 1 rings (SSSR count). The Bertz CT molecular complexity index is 416. The van der Waals surface area contributed by atoms with Crippen LogP contribution in [0.15, 0.2) is 12.3 Å². The fourth-order valence-electron chi connectivity index (χ4n) is 1.08. The molecule has 0 unspecified atom stereocenters. The Morgan fingerprint density at radius 3 is 2.76 bits per heavy atom. The number of hydrogen-bond acceptors (Lipinski definition) is 4. The van der Waals surface area contributed by atoms with Crippen molar-refractivity contribution in [1.82, 2.24) is 4.98 Å². The lowest BCUT2D eigenvalue weighted by Crippen LogP contribution is -2.27. The molecule has 94 valence electrons. The maximum absolute atomic E-state index is 11.5. The van der Waals surface area contributed by atoms with Crippen molar-refractivity contribution in [3.8, 4) is 0 Å². The van der Waals surface area contributed by atoms with E-state index < -0.39 is 11.7 Å². The number of carbonyl (C=O) groups excluding carboxylic acids is 1. The van der Waals surface area contributed by atoms with Crippen molar-refractivity contribution in [1.29, 1.82) is 0 Å². The first-order valence-corrected chi connectivity index (χ1v) is 5.45. The quantitative estimate of drug-likeness (QED) is 0.800. The van der Waals surface area contributed by atoms with Crippen molar-refractivity contribution in [3.05, 3.63) is 23.0 Å². The number of aliphatic hydroxyl groups is 1. The van der Waals surface area contributed by atoms with Crippen LogP contribution in [0.25, 0.3) is 0 Å². The molecular weight excluding hydrogens is 244 g/mol. The Hall–Kier alpha value is -1.33. The molecule has 0 bridgehead atoms. The van der Waals surface area contributed by atoms with Crippen LogP contribution in [0.4, 0.5) is 10.5 Å². The monoisotopic (exact) mass is 258 g/mol. The summed E-state index contributed by atoms with van der Waals surface area (Å²) in [4.78, 5) is 15.3. The molecule has 1 heterocycles. The molecular formula is C11H15ClN2O3. The molecule has 17 heavy (non-hydrogen) atoms. The van der Waals surface area contributed by atoms with Gasteiger partial charge in [-0.3, -0.25) is 5.32 Å². The van der Waals surface area contributed by atoms with Crippen LogP contribution in [0.5, 0.6) is 0 Å². The van der Waals surface area contributed by atoms with Crippen molar-refractivity contribution in [3.63, 3.8) is 0 Å². The normalized spacial score (nSPS) is 11.1. The number of nitrogens with zero attached hydrogens (tertiary/aromatic N) is 1. The Kier molecular flexibility index (Phi) is 4.31. The Morgan fingerprint density at radius 2 is 2.24 bits per heavy atom. The molecule has 0 spiro atoms. The van der Waals surface area contributed by atoms with E-state index in [0.29, 0.717) is 11.3 Å². The van der Waals surface area contributed by atoms with Gasteiger partial charge in [0.05, 0.1) is 12.3 Å². The molecule has 0 saturated heterocycles. The van der Waals surface area contributed by atoms with Crippen LogP contribution in [0.1, 0.15) is 26.3 Å². The molecule has 0 radical (unpaired) electrons. The molecule has 0 fully saturated rings. The van der Waals surface area contributed by atoms with Gasteiger partial charge in [0, 0.05) is 6.20 Å². The number of amides is 1. The van der Waals surface area contributed by atoms with E-state index in [9.17, 15) is 4.79 Å². The van der Waals surface area contributed by atoms with Crippen LogP contribution in [-0.4, -0.2) is 21.8 Å². The van der Waals surface area contributed by atoms with E-state index in [1.54, 1.807) is 26.8 Å². The lowest BCUT2D eigenvalue weighted by Gasteiger charge is -2.19. The predicted molar refractivity (Wildman–Crippen MR) is 65.0 cm³/mol. The van der Waals surface area contributed by atoms with Gasteiger partial charge in [-0.15, -0.1) is 0 Å². The highest BCUT2D eigenvalue weighted by Gasteiger charge is 2.17. The van der Waals surface area contributed by atoms with Crippen molar-refractivity contribution < 1.29 is 14.6 Å². The van der Waals surface area contributed by atoms with Crippen molar-refractivity contribution in [2.24, 2.45) is 0 Å². The summed E-state index contributed by atoms with van der Waals surface area (Å²) in [6, 6.07) is 1.54. The molecule has 1 aromatic rings. The standard InChI is InChI=1S/C11H15ClN2O3/c1-11(2,3)17-10(16)14-8-4-7(6-15)5-13-9(8)12/h4-5,15H,6H2,1-3H3,(H,14,16). The smallest absolute Gasteiger partial charge is 0.412 e. The van der Waals surface area contributed by atoms with Gasteiger partial charge < -0.3 is 9.84 Å². The van der Waals surface area contributed by atoms with Crippen LogP contribution in [-0.2, 0) is 11.3 Å². The summed E-state index contributed by atoms with van der Waals surface area (Å²) in [7, 11) is 0. The molecule has 0 aromatic carbocycles. The first-order valence-electron chi connectivity index (χ1n) is 5.07. The number of nitrogens with one attached hydrogen (secondary N) is 1. The van der Waals surface area contributed by atoms with Gasteiger partial charge in [0.25, 0.3) is 0 Å². The SMILES string of the molecule is CC(C)(C)OC(=O)Nc1cc(CO)cnc1Cl. The molecule has 0 atom stereocenters. The maximum atomic E-state index is 11.5. The number of anilines is 1. The van der Waals surface area contributed by atoms with Gasteiger partial charge in [0.1, 0.15) is 5.60 Å². The fraction of sp³-hybridized carbons (Fsp3) is 0.455. The number of aliphatic hydroxyl groups excluding tert-OH is 1. The third-order valence-electron chi connectivity index (χ3n) is 1.71. The zero-order valence-electron chi connectivity index (χ0n) is 9.95. The zero-order valence-corrected chi connectivity index (χ0v) is 10.7. The van der Waals surface area contributed by atoms with Crippen LogP contribution < -0.4 is 5.32 Å². The highest BCUT2D eigenvalue weighted by atomic mass is 35.5. The maximum Gasteiger partial charge on any atom is 0.412 e. The molecule has 1 amide bonds. The minimum absolute atomic E-state index is 0.146. The number of aromatic nitrogens is 1. The summed E-state index contributed by atoms with van der Waals surface area (Å²) in [5.41, 5.74) is 0.284. The first-order chi connectivity index (χ1) is 7.81. The molecule has 0 aliphatic carbocycles. The summed E-state index contributed by atoms with van der Waals surface area (Å²) in [5.74, 6) is 0. The van der Waals surface area contributed by atoms with Crippen LogP contribution in [0.2, 0.25) is 5.15 Å². The number of carbonyl (C=O) groups is 1. The molecule has 1 aromatic heterocycles. The van der Waals surface area contributed by atoms with Crippen LogP contribution in [0.3, 0.4) is 0 Å². The van der Waals surface area contributed by atoms with E-state index in [-0.39, 0.29) is 11.8 Å². The van der Waals surface area contributed by atoms with E-state index in [4.69, 9.17) is 21.4 Å². The van der Waals surface area contributed by atoms with Gasteiger partial charge in [-0.2, -0.15) is 0 Å². The van der Waals surface area contributed by atoms with Gasteiger partial charge in [0.2, 0.25) is 0 Å². The van der Waals surface area contributed by atoms with E-state index in [2.05, 4.69) is 10.3 Å². The molecule has 2 N–H and O–H groups in total. The number of ether oxygens (including phenoxy) is 1. The Balaban J connectivity index is 2.77. The second-order valence-corrected chi connectivity index (χ2v) is 4.82.